The van der Waals surface area contributed by atoms with Crippen molar-refractivity contribution >= 4 is 49.8 Å². The van der Waals surface area contributed by atoms with Crippen molar-refractivity contribution in [1.82, 2.24) is 4.98 Å². The van der Waals surface area contributed by atoms with Gasteiger partial charge in [-0.3, -0.25) is 4.72 Å². The van der Waals surface area contributed by atoms with E-state index in [1.807, 2.05) is 19.2 Å². The van der Waals surface area contributed by atoms with Gasteiger partial charge in [0.1, 0.15) is 0 Å². The molecule has 114 valence electrons. The van der Waals surface area contributed by atoms with Crippen LogP contribution in [0.15, 0.2) is 47.5 Å². The highest BCUT2D eigenvalue weighted by atomic mass is 35.5. The predicted molar refractivity (Wildman–Crippen MR) is 90.3 cm³/mol. The molecule has 22 heavy (non-hydrogen) atoms. The second kappa shape index (κ2) is 5.50. The van der Waals surface area contributed by atoms with E-state index in [0.717, 1.165) is 16.5 Å². The van der Waals surface area contributed by atoms with Crippen LogP contribution in [0.3, 0.4) is 0 Å². The Morgan fingerprint density at radius 3 is 2.41 bits per heavy atom. The summed E-state index contributed by atoms with van der Waals surface area (Å²) in [5.41, 5.74) is 2.47. The molecule has 3 aromatic rings. The number of fused-ring (bicyclic) bond motifs is 1. The normalized spacial score (nSPS) is 11.8. The molecular formula is C15H12Cl2N2O2S. The Kier molecular flexibility index (Phi) is 3.80. The van der Waals surface area contributed by atoms with Crippen molar-refractivity contribution < 1.29 is 8.42 Å². The molecule has 0 atom stereocenters. The third-order valence-corrected chi connectivity index (χ3v) is 5.08. The minimum absolute atomic E-state index is 0.0240. The molecule has 1 aromatic heterocycles. The fourth-order valence-electron chi connectivity index (χ4n) is 2.22. The van der Waals surface area contributed by atoms with Crippen LogP contribution in [0, 0.1) is 6.92 Å². The Morgan fingerprint density at radius 1 is 1.05 bits per heavy atom. The van der Waals surface area contributed by atoms with Crippen LogP contribution in [0.5, 0.6) is 0 Å². The Balaban J connectivity index is 2.00. The molecule has 3 rings (SSSR count). The molecule has 0 bridgehead atoms. The Morgan fingerprint density at radius 2 is 1.73 bits per heavy atom. The number of aromatic amines is 1. The summed E-state index contributed by atoms with van der Waals surface area (Å²) in [4.78, 5) is 3.14. The van der Waals surface area contributed by atoms with Crippen LogP contribution in [0.1, 0.15) is 5.56 Å². The maximum absolute atomic E-state index is 12.4. The number of H-pyrrole nitrogens is 1. The van der Waals surface area contributed by atoms with Crippen molar-refractivity contribution in [2.45, 2.75) is 11.8 Å². The lowest BCUT2D eigenvalue weighted by Crippen LogP contribution is -2.12. The van der Waals surface area contributed by atoms with Gasteiger partial charge in [-0.05, 0) is 48.9 Å². The molecule has 0 amide bonds. The Hall–Kier alpha value is -1.69. The highest BCUT2D eigenvalue weighted by Gasteiger charge is 2.16. The van der Waals surface area contributed by atoms with Crippen molar-refractivity contribution in [3.8, 4) is 0 Å². The summed E-state index contributed by atoms with van der Waals surface area (Å²) in [6.07, 6.45) is 1.87. The summed E-state index contributed by atoms with van der Waals surface area (Å²) in [5.74, 6) is 0. The van der Waals surface area contributed by atoms with E-state index in [0.29, 0.717) is 5.69 Å². The van der Waals surface area contributed by atoms with Crippen molar-refractivity contribution in [3.63, 3.8) is 0 Å². The molecule has 0 radical (unpaired) electrons. The van der Waals surface area contributed by atoms with Gasteiger partial charge in [0.2, 0.25) is 0 Å². The van der Waals surface area contributed by atoms with Crippen LogP contribution in [-0.4, -0.2) is 13.4 Å². The minimum atomic E-state index is -3.75. The van der Waals surface area contributed by atoms with Crippen LogP contribution in [-0.2, 0) is 10.0 Å². The summed E-state index contributed by atoms with van der Waals surface area (Å²) in [5, 5.41) is 1.50. The zero-order valence-electron chi connectivity index (χ0n) is 11.5. The quantitative estimate of drug-likeness (QED) is 0.722. The third-order valence-electron chi connectivity index (χ3n) is 3.29. The maximum atomic E-state index is 12.4. The van der Waals surface area contributed by atoms with Gasteiger partial charge in [0.15, 0.2) is 0 Å². The van der Waals surface area contributed by atoms with Crippen LogP contribution in [0.25, 0.3) is 10.9 Å². The number of anilines is 1. The number of rotatable bonds is 3. The monoisotopic (exact) mass is 354 g/mol. The maximum Gasteiger partial charge on any atom is 0.261 e. The molecule has 0 aliphatic heterocycles. The lowest BCUT2D eigenvalue weighted by Gasteiger charge is -2.09. The number of halogens is 2. The van der Waals surface area contributed by atoms with Crippen molar-refractivity contribution in [2.75, 3.05) is 4.72 Å². The lowest BCUT2D eigenvalue weighted by molar-refractivity contribution is 0.601. The van der Waals surface area contributed by atoms with E-state index in [1.165, 1.54) is 18.2 Å². The van der Waals surface area contributed by atoms with Crippen molar-refractivity contribution in [1.29, 1.82) is 0 Å². The predicted octanol–water partition coefficient (Wildman–Crippen LogP) is 4.58. The van der Waals surface area contributed by atoms with Crippen LogP contribution >= 0.6 is 23.2 Å². The highest BCUT2D eigenvalue weighted by Crippen LogP contribution is 2.26. The standard InChI is InChI=1S/C15H12Cl2N2O2S/c1-9-8-18-15-3-2-12(7-14(9)15)19-22(20,21)13-5-10(16)4-11(17)6-13/h2-8,18-19H,1H3. The average Bonchev–Trinajstić information content (AvgIpc) is 2.79. The third kappa shape index (κ3) is 2.92. The van der Waals surface area contributed by atoms with Crippen LogP contribution in [0.4, 0.5) is 5.69 Å². The largest absolute Gasteiger partial charge is 0.361 e. The molecule has 4 nitrogen and oxygen atoms in total. The van der Waals surface area contributed by atoms with E-state index >= 15 is 0 Å². The number of aromatic nitrogens is 1. The van der Waals surface area contributed by atoms with E-state index in [1.54, 1.807) is 12.1 Å². The number of aryl methyl sites for hydroxylation is 1. The molecular weight excluding hydrogens is 343 g/mol. The van der Waals surface area contributed by atoms with Crippen LogP contribution in [0.2, 0.25) is 10.0 Å². The van der Waals surface area contributed by atoms with Crippen LogP contribution < -0.4 is 4.72 Å². The number of nitrogens with one attached hydrogen (secondary N) is 2. The van der Waals surface area contributed by atoms with Gasteiger partial charge in [-0.15, -0.1) is 0 Å². The molecule has 0 spiro atoms. The molecule has 0 aliphatic rings. The molecule has 7 heteroatoms. The SMILES string of the molecule is Cc1c[nH]c2ccc(NS(=O)(=O)c3cc(Cl)cc(Cl)c3)cc12. The van der Waals surface area contributed by atoms with E-state index in [4.69, 9.17) is 23.2 Å². The molecule has 1 heterocycles. The smallest absolute Gasteiger partial charge is 0.261 e. The fraction of sp³-hybridized carbons (Fsp3) is 0.0667. The lowest BCUT2D eigenvalue weighted by atomic mass is 10.2. The summed E-state index contributed by atoms with van der Waals surface area (Å²) in [7, 11) is -3.75. The first-order valence-corrected chi connectivity index (χ1v) is 8.66. The first kappa shape index (κ1) is 15.2. The molecule has 0 saturated heterocycles. The van der Waals surface area contributed by atoms with Gasteiger partial charge in [0.05, 0.1) is 4.90 Å². The average molecular weight is 355 g/mol. The van der Waals surface area contributed by atoms with E-state index in [-0.39, 0.29) is 14.9 Å². The first-order valence-electron chi connectivity index (χ1n) is 6.42. The highest BCUT2D eigenvalue weighted by molar-refractivity contribution is 7.92. The Bertz CT molecular complexity index is 945. The van der Waals surface area contributed by atoms with Gasteiger partial charge in [-0.1, -0.05) is 23.2 Å². The zero-order chi connectivity index (χ0) is 15.9. The van der Waals surface area contributed by atoms with Gasteiger partial charge in [-0.2, -0.15) is 0 Å². The van der Waals surface area contributed by atoms with Crippen molar-refractivity contribution in [2.24, 2.45) is 0 Å². The number of benzene rings is 2. The number of sulfonamides is 1. The second-order valence-electron chi connectivity index (χ2n) is 4.94. The topological polar surface area (TPSA) is 62.0 Å². The molecule has 0 aliphatic carbocycles. The summed E-state index contributed by atoms with van der Waals surface area (Å²) >= 11 is 11.7. The number of hydrogen-bond donors (Lipinski definition) is 2. The Labute approximate surface area is 138 Å². The summed E-state index contributed by atoms with van der Waals surface area (Å²) in [6.45, 7) is 1.95. The zero-order valence-corrected chi connectivity index (χ0v) is 13.9. The molecule has 2 aromatic carbocycles. The molecule has 0 saturated carbocycles. The summed E-state index contributed by atoms with van der Waals surface area (Å²) in [6, 6.07) is 9.50. The second-order valence-corrected chi connectivity index (χ2v) is 7.50. The van der Waals surface area contributed by atoms with E-state index in [2.05, 4.69) is 9.71 Å². The van der Waals surface area contributed by atoms with Gasteiger partial charge in [0, 0.05) is 32.8 Å². The van der Waals surface area contributed by atoms with Gasteiger partial charge < -0.3 is 4.98 Å². The van der Waals surface area contributed by atoms with Crippen molar-refractivity contribution in [3.05, 3.63) is 58.2 Å². The summed E-state index contributed by atoms with van der Waals surface area (Å²) < 4.78 is 27.4. The number of hydrogen-bond acceptors (Lipinski definition) is 2. The molecule has 0 fully saturated rings. The van der Waals surface area contributed by atoms with E-state index < -0.39 is 10.0 Å². The molecule has 0 unspecified atom stereocenters. The van der Waals surface area contributed by atoms with Gasteiger partial charge >= 0.3 is 0 Å². The van der Waals surface area contributed by atoms with Gasteiger partial charge in [-0.25, -0.2) is 8.42 Å². The van der Waals surface area contributed by atoms with Gasteiger partial charge in [0.25, 0.3) is 10.0 Å². The minimum Gasteiger partial charge on any atom is -0.361 e. The first-order chi connectivity index (χ1) is 10.3. The molecule has 2 N–H and O–H groups in total. The van der Waals surface area contributed by atoms with E-state index in [9.17, 15) is 8.42 Å². The fourth-order valence-corrected chi connectivity index (χ4v) is 4.00.